The Morgan fingerprint density at radius 1 is 1.50 bits per heavy atom. The Kier molecular flexibility index (Phi) is 5.24. The molecular weight excluding hydrogens is 310 g/mol. The number of hydrogen-bond acceptors (Lipinski definition) is 3. The highest BCUT2D eigenvalue weighted by atomic mass is 79.9. The van der Waals surface area contributed by atoms with Crippen LogP contribution in [0.15, 0.2) is 15.2 Å². The summed E-state index contributed by atoms with van der Waals surface area (Å²) < 4.78 is 7.33. The summed E-state index contributed by atoms with van der Waals surface area (Å²) in [5.74, 6) is 0. The van der Waals surface area contributed by atoms with Gasteiger partial charge in [0.1, 0.15) is 0 Å². The molecule has 2 heterocycles. The van der Waals surface area contributed by atoms with E-state index in [9.17, 15) is 0 Å². The lowest BCUT2D eigenvalue weighted by molar-refractivity contribution is -0.0898. The maximum absolute atomic E-state index is 6.12. The van der Waals surface area contributed by atoms with Gasteiger partial charge in [0.15, 0.2) is 0 Å². The van der Waals surface area contributed by atoms with E-state index < -0.39 is 0 Å². The van der Waals surface area contributed by atoms with E-state index in [0.717, 1.165) is 26.0 Å². The Morgan fingerprint density at radius 3 is 2.89 bits per heavy atom. The highest BCUT2D eigenvalue weighted by Gasteiger charge is 2.38. The monoisotopic (exact) mass is 331 g/mol. The second-order valence-corrected chi connectivity index (χ2v) is 6.78. The van der Waals surface area contributed by atoms with Gasteiger partial charge in [-0.1, -0.05) is 6.92 Å². The van der Waals surface area contributed by atoms with Crippen molar-refractivity contribution in [1.29, 1.82) is 0 Å². The van der Waals surface area contributed by atoms with Crippen LogP contribution in [0.3, 0.4) is 0 Å². The van der Waals surface area contributed by atoms with Crippen molar-refractivity contribution in [2.45, 2.75) is 51.2 Å². The average molecular weight is 332 g/mol. The molecule has 0 saturated carbocycles. The van der Waals surface area contributed by atoms with Crippen LogP contribution >= 0.6 is 27.3 Å². The van der Waals surface area contributed by atoms with Crippen molar-refractivity contribution in [2.75, 3.05) is 13.2 Å². The predicted molar refractivity (Wildman–Crippen MR) is 81.3 cm³/mol. The fraction of sp³-hybridized carbons (Fsp3) is 0.714. The van der Waals surface area contributed by atoms with Gasteiger partial charge in [0, 0.05) is 16.5 Å². The van der Waals surface area contributed by atoms with Crippen molar-refractivity contribution in [3.63, 3.8) is 0 Å². The lowest BCUT2D eigenvalue weighted by atomic mass is 9.85. The van der Waals surface area contributed by atoms with Crippen LogP contribution in [0.4, 0.5) is 0 Å². The van der Waals surface area contributed by atoms with Crippen LogP contribution in [-0.4, -0.2) is 18.8 Å². The largest absolute Gasteiger partial charge is 0.373 e. The molecule has 1 fully saturated rings. The highest BCUT2D eigenvalue weighted by Crippen LogP contribution is 2.40. The lowest BCUT2D eigenvalue weighted by Crippen LogP contribution is -2.46. The van der Waals surface area contributed by atoms with Gasteiger partial charge in [-0.25, -0.2) is 0 Å². The summed E-state index contributed by atoms with van der Waals surface area (Å²) in [4.78, 5) is 0. The molecule has 0 bridgehead atoms. The predicted octanol–water partition coefficient (Wildman–Crippen LogP) is 4.51. The lowest BCUT2D eigenvalue weighted by Gasteiger charge is -2.41. The van der Waals surface area contributed by atoms with Gasteiger partial charge >= 0.3 is 0 Å². The smallest absolute Gasteiger partial charge is 0.0849 e. The van der Waals surface area contributed by atoms with Gasteiger partial charge in [-0.2, -0.15) is 11.3 Å². The molecule has 2 atom stereocenters. The first-order valence-corrected chi connectivity index (χ1v) is 8.50. The molecule has 1 aliphatic rings. The molecule has 2 unspecified atom stereocenters. The molecule has 0 aromatic carbocycles. The van der Waals surface area contributed by atoms with Crippen LogP contribution in [0.25, 0.3) is 0 Å². The number of ether oxygens (including phenoxy) is 1. The molecule has 2 rings (SSSR count). The number of thiophene rings is 1. The van der Waals surface area contributed by atoms with Gasteiger partial charge in [0.25, 0.3) is 0 Å². The minimum atomic E-state index is -0.0724. The standard InChI is InChI=1S/C14H22BrNOS/c1-3-7-16-13(11-9-18-10-12(11)15)14(2)6-4-5-8-17-14/h9-10,13,16H,3-8H2,1-2H3. The number of rotatable bonds is 5. The molecule has 4 heteroatoms. The van der Waals surface area contributed by atoms with E-state index in [-0.39, 0.29) is 5.60 Å². The van der Waals surface area contributed by atoms with E-state index in [0.29, 0.717) is 6.04 Å². The fourth-order valence-corrected chi connectivity index (χ4v) is 4.18. The molecule has 1 aromatic heterocycles. The summed E-state index contributed by atoms with van der Waals surface area (Å²) in [5.41, 5.74) is 1.27. The first-order chi connectivity index (χ1) is 8.67. The zero-order chi connectivity index (χ0) is 13.0. The van der Waals surface area contributed by atoms with Gasteiger partial charge in [-0.05, 0) is 66.0 Å². The summed E-state index contributed by atoms with van der Waals surface area (Å²) >= 11 is 5.41. The third kappa shape index (κ3) is 3.16. The fourth-order valence-electron chi connectivity index (χ4n) is 2.62. The van der Waals surface area contributed by atoms with Crippen molar-refractivity contribution in [3.8, 4) is 0 Å². The van der Waals surface area contributed by atoms with Gasteiger partial charge in [0.05, 0.1) is 11.6 Å². The topological polar surface area (TPSA) is 21.3 Å². The molecule has 102 valence electrons. The van der Waals surface area contributed by atoms with Gasteiger partial charge in [0.2, 0.25) is 0 Å². The minimum absolute atomic E-state index is 0.0724. The van der Waals surface area contributed by atoms with Gasteiger partial charge < -0.3 is 10.1 Å². The summed E-state index contributed by atoms with van der Waals surface area (Å²) in [6.45, 7) is 6.38. The third-order valence-electron chi connectivity index (χ3n) is 3.66. The maximum atomic E-state index is 6.12. The number of halogens is 1. The van der Waals surface area contributed by atoms with Crippen molar-refractivity contribution in [1.82, 2.24) is 5.32 Å². The molecule has 1 aliphatic heterocycles. The van der Waals surface area contributed by atoms with Crippen LogP contribution in [0.1, 0.15) is 51.1 Å². The molecule has 0 aliphatic carbocycles. The first kappa shape index (κ1) is 14.5. The molecule has 0 amide bonds. The van der Waals surface area contributed by atoms with E-state index in [1.165, 1.54) is 22.9 Å². The summed E-state index contributed by atoms with van der Waals surface area (Å²) in [7, 11) is 0. The second-order valence-electron chi connectivity index (χ2n) is 5.18. The second kappa shape index (κ2) is 6.51. The van der Waals surface area contributed by atoms with Crippen LogP contribution in [-0.2, 0) is 4.74 Å². The molecule has 2 nitrogen and oxygen atoms in total. The van der Waals surface area contributed by atoms with Crippen molar-refractivity contribution in [2.24, 2.45) is 0 Å². The van der Waals surface area contributed by atoms with E-state index in [2.05, 4.69) is 45.9 Å². The zero-order valence-corrected chi connectivity index (χ0v) is 13.6. The van der Waals surface area contributed by atoms with Crippen LogP contribution in [0, 0.1) is 0 Å². The van der Waals surface area contributed by atoms with Crippen molar-refractivity contribution in [3.05, 3.63) is 20.8 Å². The molecular formula is C14H22BrNOS. The highest BCUT2D eigenvalue weighted by molar-refractivity contribution is 9.10. The normalized spacial score (nSPS) is 26.2. The maximum Gasteiger partial charge on any atom is 0.0849 e. The minimum Gasteiger partial charge on any atom is -0.373 e. The van der Waals surface area contributed by atoms with E-state index in [1.807, 2.05) is 0 Å². The molecule has 18 heavy (non-hydrogen) atoms. The van der Waals surface area contributed by atoms with Crippen LogP contribution in [0.5, 0.6) is 0 Å². The van der Waals surface area contributed by atoms with E-state index in [1.54, 1.807) is 11.3 Å². The zero-order valence-electron chi connectivity index (χ0n) is 11.2. The Bertz CT molecular complexity index is 374. The van der Waals surface area contributed by atoms with Crippen LogP contribution in [0.2, 0.25) is 0 Å². The van der Waals surface area contributed by atoms with E-state index >= 15 is 0 Å². The molecule has 1 aromatic rings. The Morgan fingerprint density at radius 2 is 2.33 bits per heavy atom. The molecule has 0 spiro atoms. The Hall–Kier alpha value is 0.1000. The number of nitrogens with one attached hydrogen (secondary N) is 1. The van der Waals surface area contributed by atoms with Crippen molar-refractivity contribution < 1.29 is 4.74 Å². The van der Waals surface area contributed by atoms with Crippen molar-refractivity contribution >= 4 is 27.3 Å². The average Bonchev–Trinajstić information content (AvgIpc) is 2.77. The Labute approximate surface area is 122 Å². The molecule has 0 radical (unpaired) electrons. The molecule has 1 saturated heterocycles. The summed E-state index contributed by atoms with van der Waals surface area (Å²) in [6.07, 6.45) is 4.74. The van der Waals surface area contributed by atoms with E-state index in [4.69, 9.17) is 4.74 Å². The summed E-state index contributed by atoms with van der Waals surface area (Å²) in [5, 5.41) is 8.07. The number of hydrogen-bond donors (Lipinski definition) is 1. The SMILES string of the molecule is CCCNC(c1cscc1Br)C1(C)CCCCO1. The molecule has 1 N–H and O–H groups in total. The van der Waals surface area contributed by atoms with Gasteiger partial charge in [-0.15, -0.1) is 0 Å². The third-order valence-corrected chi connectivity index (χ3v) is 5.41. The Balaban J connectivity index is 2.21. The van der Waals surface area contributed by atoms with Crippen LogP contribution < -0.4 is 5.32 Å². The quantitative estimate of drug-likeness (QED) is 0.856. The summed E-state index contributed by atoms with van der Waals surface area (Å²) in [6, 6.07) is 0.290. The van der Waals surface area contributed by atoms with Gasteiger partial charge in [-0.3, -0.25) is 0 Å². The first-order valence-electron chi connectivity index (χ1n) is 6.76.